The minimum absolute atomic E-state index is 0.246. The number of aromatic nitrogens is 2. The molecular formula is C7H9N3O2S. The molecule has 0 aliphatic carbocycles. The number of nitrogens with zero attached hydrogens (tertiary/aromatic N) is 3. The Hall–Kier alpha value is -1.17. The van der Waals surface area contributed by atoms with E-state index >= 15 is 0 Å². The summed E-state index contributed by atoms with van der Waals surface area (Å²) in [5.74, 6) is -0.962. The Labute approximate surface area is 79.0 Å². The first-order valence-electron chi connectivity index (χ1n) is 4.01. The zero-order valence-electron chi connectivity index (χ0n) is 6.88. The molecule has 1 saturated heterocycles. The van der Waals surface area contributed by atoms with Gasteiger partial charge >= 0.3 is 5.97 Å². The van der Waals surface area contributed by atoms with Gasteiger partial charge in [-0.05, 0) is 6.42 Å². The van der Waals surface area contributed by atoms with Crippen LogP contribution in [0.15, 0.2) is 5.51 Å². The van der Waals surface area contributed by atoms with E-state index in [-0.39, 0.29) is 5.92 Å². The quantitative estimate of drug-likeness (QED) is 0.749. The van der Waals surface area contributed by atoms with Gasteiger partial charge in [0.2, 0.25) is 5.13 Å². The Bertz CT molecular complexity index is 301. The van der Waals surface area contributed by atoms with Crippen molar-refractivity contribution in [2.45, 2.75) is 6.42 Å². The molecular weight excluding hydrogens is 190 g/mol. The van der Waals surface area contributed by atoms with E-state index in [1.54, 1.807) is 5.51 Å². The Morgan fingerprint density at radius 2 is 2.62 bits per heavy atom. The van der Waals surface area contributed by atoms with Crippen LogP contribution in [0.2, 0.25) is 0 Å². The fraction of sp³-hybridized carbons (Fsp3) is 0.571. The Kier molecular flexibility index (Phi) is 2.13. The average Bonchev–Trinajstić information content (AvgIpc) is 2.75. The van der Waals surface area contributed by atoms with Crippen molar-refractivity contribution in [1.82, 2.24) is 10.2 Å². The smallest absolute Gasteiger partial charge is 0.308 e. The summed E-state index contributed by atoms with van der Waals surface area (Å²) in [7, 11) is 0. The highest BCUT2D eigenvalue weighted by atomic mass is 32.1. The van der Waals surface area contributed by atoms with Gasteiger partial charge in [0.15, 0.2) is 0 Å². The molecule has 0 spiro atoms. The summed E-state index contributed by atoms with van der Waals surface area (Å²) in [5.41, 5.74) is 1.66. The van der Waals surface area contributed by atoms with E-state index in [1.807, 2.05) is 4.90 Å². The molecule has 0 aromatic carbocycles. The molecule has 70 valence electrons. The molecule has 1 aromatic rings. The standard InChI is InChI=1S/C7H9N3O2S/c11-6(12)5-1-2-10(3-5)7-9-8-4-13-7/h4-5H,1-3H2,(H,11,12). The number of anilines is 1. The summed E-state index contributed by atoms with van der Waals surface area (Å²) in [5, 5.41) is 17.2. The van der Waals surface area contributed by atoms with Crippen LogP contribution in [0, 0.1) is 5.92 Å². The number of carboxylic acids is 1. The molecule has 0 bridgehead atoms. The molecule has 0 radical (unpaired) electrons. The third-order valence-corrected chi connectivity index (χ3v) is 2.91. The molecule has 1 N–H and O–H groups in total. The molecule has 1 atom stereocenters. The van der Waals surface area contributed by atoms with Crippen LogP contribution >= 0.6 is 11.3 Å². The predicted octanol–water partition coefficient (Wildman–Crippen LogP) is 0.449. The normalized spacial score (nSPS) is 22.2. The molecule has 2 rings (SSSR count). The van der Waals surface area contributed by atoms with Crippen LogP contribution in [-0.2, 0) is 4.79 Å². The number of aliphatic carboxylic acids is 1. The second kappa shape index (κ2) is 3.29. The average molecular weight is 199 g/mol. The van der Waals surface area contributed by atoms with Gasteiger partial charge in [0.05, 0.1) is 5.92 Å². The SMILES string of the molecule is O=C(O)C1CCN(c2nncs2)C1. The molecule has 1 aromatic heterocycles. The van der Waals surface area contributed by atoms with Crippen LogP contribution in [0.3, 0.4) is 0 Å². The maximum absolute atomic E-state index is 10.7. The van der Waals surface area contributed by atoms with E-state index in [9.17, 15) is 4.79 Å². The third-order valence-electron chi connectivity index (χ3n) is 2.16. The lowest BCUT2D eigenvalue weighted by molar-refractivity contribution is -0.140. The van der Waals surface area contributed by atoms with Gasteiger partial charge in [-0.1, -0.05) is 11.3 Å². The first-order valence-corrected chi connectivity index (χ1v) is 4.89. The lowest BCUT2D eigenvalue weighted by atomic mass is 10.1. The minimum Gasteiger partial charge on any atom is -0.481 e. The van der Waals surface area contributed by atoms with Gasteiger partial charge in [0.1, 0.15) is 5.51 Å². The Morgan fingerprint density at radius 3 is 3.15 bits per heavy atom. The largest absolute Gasteiger partial charge is 0.481 e. The predicted molar refractivity (Wildman–Crippen MR) is 47.9 cm³/mol. The Morgan fingerprint density at radius 1 is 1.77 bits per heavy atom. The molecule has 2 heterocycles. The van der Waals surface area contributed by atoms with E-state index < -0.39 is 5.97 Å². The summed E-state index contributed by atoms with van der Waals surface area (Å²) in [6.07, 6.45) is 0.703. The molecule has 1 unspecified atom stereocenters. The maximum Gasteiger partial charge on any atom is 0.308 e. The van der Waals surface area contributed by atoms with Crippen LogP contribution in [0.25, 0.3) is 0 Å². The van der Waals surface area contributed by atoms with Gasteiger partial charge in [-0.15, -0.1) is 10.2 Å². The summed E-state index contributed by atoms with van der Waals surface area (Å²) in [6.45, 7) is 1.33. The number of hydrogen-bond donors (Lipinski definition) is 1. The van der Waals surface area contributed by atoms with Crippen molar-refractivity contribution >= 4 is 22.4 Å². The van der Waals surface area contributed by atoms with E-state index in [2.05, 4.69) is 10.2 Å². The number of rotatable bonds is 2. The van der Waals surface area contributed by atoms with E-state index in [1.165, 1.54) is 11.3 Å². The zero-order valence-corrected chi connectivity index (χ0v) is 7.70. The van der Waals surface area contributed by atoms with E-state index in [0.29, 0.717) is 13.0 Å². The first-order chi connectivity index (χ1) is 6.27. The fourth-order valence-corrected chi connectivity index (χ4v) is 2.04. The second-order valence-corrected chi connectivity index (χ2v) is 3.80. The summed E-state index contributed by atoms with van der Waals surface area (Å²) < 4.78 is 0. The molecule has 1 aliphatic rings. The number of carboxylic acid groups (broad SMARTS) is 1. The molecule has 13 heavy (non-hydrogen) atoms. The topological polar surface area (TPSA) is 66.3 Å². The van der Waals surface area contributed by atoms with Crippen molar-refractivity contribution < 1.29 is 9.90 Å². The van der Waals surface area contributed by atoms with Crippen molar-refractivity contribution in [3.8, 4) is 0 Å². The monoisotopic (exact) mass is 199 g/mol. The number of hydrogen-bond acceptors (Lipinski definition) is 5. The van der Waals surface area contributed by atoms with Crippen LogP contribution in [-0.4, -0.2) is 34.4 Å². The molecule has 5 nitrogen and oxygen atoms in total. The molecule has 0 amide bonds. The Balaban J connectivity index is 2.03. The van der Waals surface area contributed by atoms with Crippen molar-refractivity contribution in [2.75, 3.05) is 18.0 Å². The van der Waals surface area contributed by atoms with Gasteiger partial charge < -0.3 is 10.0 Å². The summed E-state index contributed by atoms with van der Waals surface area (Å²) in [4.78, 5) is 12.6. The van der Waals surface area contributed by atoms with Crippen LogP contribution < -0.4 is 4.90 Å². The highest BCUT2D eigenvalue weighted by Crippen LogP contribution is 2.24. The third kappa shape index (κ3) is 1.62. The van der Waals surface area contributed by atoms with E-state index in [4.69, 9.17) is 5.11 Å². The van der Waals surface area contributed by atoms with Gasteiger partial charge in [0, 0.05) is 13.1 Å². The van der Waals surface area contributed by atoms with Crippen LogP contribution in [0.4, 0.5) is 5.13 Å². The highest BCUT2D eigenvalue weighted by Gasteiger charge is 2.29. The fourth-order valence-electron chi connectivity index (χ4n) is 1.44. The first kappa shape index (κ1) is 8.43. The molecule has 6 heteroatoms. The molecule has 1 aliphatic heterocycles. The van der Waals surface area contributed by atoms with Gasteiger partial charge in [-0.2, -0.15) is 0 Å². The van der Waals surface area contributed by atoms with Gasteiger partial charge in [0.25, 0.3) is 0 Å². The van der Waals surface area contributed by atoms with Crippen molar-refractivity contribution in [3.63, 3.8) is 0 Å². The lowest BCUT2D eigenvalue weighted by Gasteiger charge is -2.11. The van der Waals surface area contributed by atoms with Gasteiger partial charge in [-0.25, -0.2) is 0 Å². The zero-order chi connectivity index (χ0) is 9.26. The van der Waals surface area contributed by atoms with Crippen molar-refractivity contribution in [2.24, 2.45) is 5.92 Å². The van der Waals surface area contributed by atoms with Gasteiger partial charge in [-0.3, -0.25) is 4.79 Å². The lowest BCUT2D eigenvalue weighted by Crippen LogP contribution is -2.22. The van der Waals surface area contributed by atoms with Crippen LogP contribution in [0.5, 0.6) is 0 Å². The highest BCUT2D eigenvalue weighted by molar-refractivity contribution is 7.13. The molecule has 0 saturated carbocycles. The van der Waals surface area contributed by atoms with Crippen molar-refractivity contribution in [3.05, 3.63) is 5.51 Å². The maximum atomic E-state index is 10.7. The minimum atomic E-state index is -0.716. The second-order valence-electron chi connectivity index (χ2n) is 2.99. The summed E-state index contributed by atoms with van der Waals surface area (Å²) in [6, 6.07) is 0. The van der Waals surface area contributed by atoms with Crippen molar-refractivity contribution in [1.29, 1.82) is 0 Å². The molecule has 1 fully saturated rings. The van der Waals surface area contributed by atoms with Crippen LogP contribution in [0.1, 0.15) is 6.42 Å². The number of carbonyl (C=O) groups is 1. The summed E-state index contributed by atoms with van der Waals surface area (Å²) >= 11 is 1.44. The van der Waals surface area contributed by atoms with E-state index in [0.717, 1.165) is 11.7 Å².